The molecule has 1 rings (SSSR count). The van der Waals surface area contributed by atoms with Crippen LogP contribution in [0.5, 0.6) is 0 Å². The number of rotatable bonds is 5. The van der Waals surface area contributed by atoms with Gasteiger partial charge in [-0.2, -0.15) is 0 Å². The van der Waals surface area contributed by atoms with E-state index in [2.05, 4.69) is 31.1 Å². The molecule has 0 aliphatic heterocycles. The Morgan fingerprint density at radius 1 is 1.58 bits per heavy atom. The van der Waals surface area contributed by atoms with Gasteiger partial charge in [-0.05, 0) is 6.92 Å². The Morgan fingerprint density at radius 2 is 2.21 bits per heavy atom. The Bertz CT molecular complexity index is 426. The molecule has 0 bridgehead atoms. The fourth-order valence-corrected chi connectivity index (χ4v) is 2.52. The molecule has 1 heterocycles. The molecule has 2 atom stereocenters. The molecule has 0 fully saturated rings. The molecule has 0 saturated carbocycles. The van der Waals surface area contributed by atoms with Crippen LogP contribution < -0.4 is 11.1 Å². The summed E-state index contributed by atoms with van der Waals surface area (Å²) in [4.78, 5) is 16.4. The number of amides is 1. The zero-order valence-electron chi connectivity index (χ0n) is 12.2. The maximum atomic E-state index is 11.8. The molecule has 0 aliphatic rings. The van der Waals surface area contributed by atoms with Crippen molar-refractivity contribution in [2.75, 3.05) is 13.7 Å². The van der Waals surface area contributed by atoms with E-state index < -0.39 is 6.04 Å². The van der Waals surface area contributed by atoms with Crippen molar-refractivity contribution in [1.29, 1.82) is 0 Å². The quantitative estimate of drug-likeness (QED) is 0.861. The molecular weight excluding hydrogens is 262 g/mol. The third kappa shape index (κ3) is 4.56. The molecule has 0 aromatic carbocycles. The summed E-state index contributed by atoms with van der Waals surface area (Å²) in [5.41, 5.74) is 6.73. The van der Waals surface area contributed by atoms with Crippen LogP contribution in [0.1, 0.15) is 44.4 Å². The zero-order valence-corrected chi connectivity index (χ0v) is 13.0. The van der Waals surface area contributed by atoms with Gasteiger partial charge in [0.05, 0.1) is 18.3 Å². The Hall–Kier alpha value is -0.980. The number of thiazole rings is 1. The number of carbonyl (C=O) groups excluding carboxylic acids is 1. The summed E-state index contributed by atoms with van der Waals surface area (Å²) in [6, 6.07) is -0.786. The van der Waals surface area contributed by atoms with Crippen molar-refractivity contribution in [1.82, 2.24) is 10.3 Å². The second kappa shape index (κ2) is 6.45. The molecule has 1 aromatic heterocycles. The number of carbonyl (C=O) groups is 1. The van der Waals surface area contributed by atoms with E-state index in [4.69, 9.17) is 10.5 Å². The van der Waals surface area contributed by atoms with Crippen molar-refractivity contribution in [3.63, 3.8) is 0 Å². The van der Waals surface area contributed by atoms with Crippen LogP contribution in [0.15, 0.2) is 5.38 Å². The first-order chi connectivity index (χ1) is 8.75. The number of ether oxygens (including phenoxy) is 1. The highest BCUT2D eigenvalue weighted by molar-refractivity contribution is 7.09. The largest absolute Gasteiger partial charge is 0.383 e. The van der Waals surface area contributed by atoms with E-state index in [1.165, 1.54) is 7.11 Å². The van der Waals surface area contributed by atoms with E-state index in [1.54, 1.807) is 11.3 Å². The summed E-state index contributed by atoms with van der Waals surface area (Å²) in [6.45, 7) is 8.46. The monoisotopic (exact) mass is 285 g/mol. The third-order valence-corrected chi connectivity index (χ3v) is 3.73. The summed E-state index contributed by atoms with van der Waals surface area (Å²) in [6.07, 6.45) is 0. The zero-order chi connectivity index (χ0) is 14.6. The smallest absolute Gasteiger partial charge is 0.239 e. The maximum absolute atomic E-state index is 11.8. The van der Waals surface area contributed by atoms with Gasteiger partial charge in [-0.25, -0.2) is 4.98 Å². The molecule has 0 aliphatic carbocycles. The fourth-order valence-electron chi connectivity index (χ4n) is 1.47. The van der Waals surface area contributed by atoms with Crippen LogP contribution in [0, 0.1) is 0 Å². The highest BCUT2D eigenvalue weighted by Crippen LogP contribution is 2.26. The van der Waals surface area contributed by atoms with Crippen LogP contribution in [0.2, 0.25) is 0 Å². The van der Waals surface area contributed by atoms with Crippen LogP contribution in [0.3, 0.4) is 0 Å². The highest BCUT2D eigenvalue weighted by atomic mass is 32.1. The minimum Gasteiger partial charge on any atom is -0.383 e. The Kier molecular flexibility index (Phi) is 5.46. The maximum Gasteiger partial charge on any atom is 0.239 e. The molecule has 108 valence electrons. The first-order valence-corrected chi connectivity index (χ1v) is 7.14. The molecule has 0 spiro atoms. The van der Waals surface area contributed by atoms with E-state index in [1.807, 2.05) is 12.3 Å². The number of hydrogen-bond acceptors (Lipinski definition) is 5. The molecule has 5 nitrogen and oxygen atoms in total. The van der Waals surface area contributed by atoms with Gasteiger partial charge in [-0.1, -0.05) is 20.8 Å². The predicted molar refractivity (Wildman–Crippen MR) is 77.2 cm³/mol. The molecule has 1 aromatic rings. The van der Waals surface area contributed by atoms with Gasteiger partial charge in [0, 0.05) is 17.9 Å². The van der Waals surface area contributed by atoms with Crippen LogP contribution >= 0.6 is 11.3 Å². The van der Waals surface area contributed by atoms with E-state index >= 15 is 0 Å². The standard InChI is InChI=1S/C13H23N3O2S/c1-8(15-11(17)9(14)6-18-5)12-16-10(7-19-12)13(2,3)4/h7-9H,6,14H2,1-5H3,(H,15,17). The second-order valence-electron chi connectivity index (χ2n) is 5.61. The fraction of sp³-hybridized carbons (Fsp3) is 0.692. The molecule has 6 heteroatoms. The van der Waals surface area contributed by atoms with Gasteiger partial charge in [-0.3, -0.25) is 4.79 Å². The van der Waals surface area contributed by atoms with Gasteiger partial charge in [0.2, 0.25) is 5.91 Å². The summed E-state index contributed by atoms with van der Waals surface area (Å²) in [5.74, 6) is -0.221. The molecule has 19 heavy (non-hydrogen) atoms. The predicted octanol–water partition coefficient (Wildman–Crippen LogP) is 1.59. The SMILES string of the molecule is COCC(N)C(=O)NC(C)c1nc(C(C)(C)C)cs1. The average Bonchev–Trinajstić information content (AvgIpc) is 2.78. The van der Waals surface area contributed by atoms with Gasteiger partial charge >= 0.3 is 0 Å². The number of nitrogens with zero attached hydrogens (tertiary/aromatic N) is 1. The first kappa shape index (κ1) is 16.1. The topological polar surface area (TPSA) is 77.2 Å². The third-order valence-electron chi connectivity index (χ3n) is 2.70. The summed E-state index contributed by atoms with van der Waals surface area (Å²) in [7, 11) is 1.52. The minimum absolute atomic E-state index is 0.0188. The summed E-state index contributed by atoms with van der Waals surface area (Å²) >= 11 is 1.55. The van der Waals surface area contributed by atoms with Gasteiger partial charge in [0.1, 0.15) is 11.0 Å². The Balaban J connectivity index is 2.66. The second-order valence-corrected chi connectivity index (χ2v) is 6.50. The normalized spacial score (nSPS) is 15.1. The van der Waals surface area contributed by atoms with Crippen molar-refractivity contribution in [2.45, 2.75) is 45.2 Å². The van der Waals surface area contributed by atoms with Gasteiger partial charge in [0.15, 0.2) is 0 Å². The van der Waals surface area contributed by atoms with Crippen molar-refractivity contribution < 1.29 is 9.53 Å². The van der Waals surface area contributed by atoms with Crippen LogP contribution in [0.25, 0.3) is 0 Å². The Labute approximate surface area is 118 Å². The molecular formula is C13H23N3O2S. The van der Waals surface area contributed by atoms with Gasteiger partial charge in [0.25, 0.3) is 0 Å². The lowest BCUT2D eigenvalue weighted by molar-refractivity contribution is -0.124. The molecule has 1 amide bonds. The number of methoxy groups -OCH3 is 1. The first-order valence-electron chi connectivity index (χ1n) is 6.26. The van der Waals surface area contributed by atoms with Gasteiger partial charge in [-0.15, -0.1) is 11.3 Å². The van der Waals surface area contributed by atoms with E-state index in [0.717, 1.165) is 10.7 Å². The minimum atomic E-state index is -0.644. The lowest BCUT2D eigenvalue weighted by Gasteiger charge is -2.16. The molecule has 0 radical (unpaired) electrons. The van der Waals surface area contributed by atoms with Crippen molar-refractivity contribution in [3.05, 3.63) is 16.1 Å². The molecule has 0 saturated heterocycles. The highest BCUT2D eigenvalue weighted by Gasteiger charge is 2.21. The van der Waals surface area contributed by atoms with Crippen molar-refractivity contribution in [2.24, 2.45) is 5.73 Å². The van der Waals surface area contributed by atoms with Crippen LogP contribution in [-0.2, 0) is 14.9 Å². The number of nitrogens with two attached hydrogens (primary N) is 1. The lowest BCUT2D eigenvalue weighted by atomic mass is 9.93. The number of nitrogens with one attached hydrogen (secondary N) is 1. The van der Waals surface area contributed by atoms with E-state index in [-0.39, 0.29) is 24.0 Å². The van der Waals surface area contributed by atoms with Crippen molar-refractivity contribution in [3.8, 4) is 0 Å². The average molecular weight is 285 g/mol. The van der Waals surface area contributed by atoms with Gasteiger partial charge < -0.3 is 15.8 Å². The summed E-state index contributed by atoms with van der Waals surface area (Å²) < 4.78 is 4.86. The van der Waals surface area contributed by atoms with Crippen molar-refractivity contribution >= 4 is 17.2 Å². The number of aromatic nitrogens is 1. The van der Waals surface area contributed by atoms with Crippen LogP contribution in [0.4, 0.5) is 0 Å². The summed E-state index contributed by atoms with van der Waals surface area (Å²) in [5, 5.41) is 5.78. The molecule has 2 unspecified atom stereocenters. The van der Waals surface area contributed by atoms with E-state index in [9.17, 15) is 4.79 Å². The molecule has 3 N–H and O–H groups in total. The lowest BCUT2D eigenvalue weighted by Crippen LogP contribution is -2.44. The van der Waals surface area contributed by atoms with Crippen LogP contribution in [-0.4, -0.2) is 30.6 Å². The van der Waals surface area contributed by atoms with E-state index in [0.29, 0.717) is 0 Å². The number of hydrogen-bond donors (Lipinski definition) is 2. The Morgan fingerprint density at radius 3 is 2.68 bits per heavy atom.